The molecule has 2 heterocycles. The molecule has 2 N–H and O–H groups in total. The van der Waals surface area contributed by atoms with Crippen molar-refractivity contribution in [1.29, 1.82) is 0 Å². The molecule has 4 nitrogen and oxygen atoms in total. The maximum atomic E-state index is 9.43. The summed E-state index contributed by atoms with van der Waals surface area (Å²) in [5.74, 6) is 1.48. The summed E-state index contributed by atoms with van der Waals surface area (Å²) in [6.45, 7) is 0.436. The molecule has 11 rings (SSSR count). The number of fused-ring (bicyclic) bond motifs is 7. The Labute approximate surface area is 349 Å². The van der Waals surface area contributed by atoms with Crippen LogP contribution in [0.25, 0.3) is 73.7 Å². The highest BCUT2D eigenvalue weighted by molar-refractivity contribution is 7.22. The second kappa shape index (κ2) is 14.5. The zero-order chi connectivity index (χ0) is 39.5. The Bertz CT molecular complexity index is 2950. The monoisotopic (exact) mass is 802 g/mol. The largest absolute Gasteiger partial charge is 0.491 e. The Hall–Kier alpha value is -6.28. The van der Waals surface area contributed by atoms with Gasteiger partial charge in [-0.1, -0.05) is 109 Å². The lowest BCUT2D eigenvalue weighted by Crippen LogP contribution is -2.28. The molecule has 59 heavy (non-hydrogen) atoms. The Balaban J connectivity index is 1.24. The number of benzene rings is 8. The Kier molecular flexibility index (Phi) is 8.82. The van der Waals surface area contributed by atoms with E-state index < -0.39 is 5.41 Å². The van der Waals surface area contributed by atoms with Gasteiger partial charge in [0.25, 0.3) is 0 Å². The number of thiophene rings is 2. The van der Waals surface area contributed by atoms with E-state index in [2.05, 4.69) is 158 Å². The van der Waals surface area contributed by atoms with Gasteiger partial charge in [-0.05, 0) is 137 Å². The molecule has 286 valence electrons. The first kappa shape index (κ1) is 35.8. The van der Waals surface area contributed by atoms with Crippen molar-refractivity contribution in [2.75, 3.05) is 26.4 Å². The average Bonchev–Trinajstić information content (AvgIpc) is 4.00. The zero-order valence-electron chi connectivity index (χ0n) is 32.0. The fourth-order valence-electron chi connectivity index (χ4n) is 9.26. The quantitative estimate of drug-likeness (QED) is 0.145. The van der Waals surface area contributed by atoms with Crippen LogP contribution in [0.3, 0.4) is 0 Å². The predicted molar refractivity (Wildman–Crippen MR) is 246 cm³/mol. The number of ether oxygens (including phenoxy) is 2. The molecule has 0 amide bonds. The van der Waals surface area contributed by atoms with Gasteiger partial charge < -0.3 is 19.7 Å². The van der Waals surface area contributed by atoms with E-state index in [9.17, 15) is 10.2 Å². The van der Waals surface area contributed by atoms with Gasteiger partial charge in [0.2, 0.25) is 0 Å². The van der Waals surface area contributed by atoms with E-state index in [-0.39, 0.29) is 26.4 Å². The normalized spacial score (nSPS) is 13.0. The van der Waals surface area contributed by atoms with Crippen LogP contribution in [-0.2, 0) is 5.41 Å². The van der Waals surface area contributed by atoms with Crippen LogP contribution in [0.5, 0.6) is 11.5 Å². The fraction of sp³-hybridized carbons (Fsp3) is 0.0943. The Morgan fingerprint density at radius 2 is 0.847 bits per heavy atom. The number of aliphatic hydroxyl groups is 2. The van der Waals surface area contributed by atoms with E-state index in [0.29, 0.717) is 0 Å². The van der Waals surface area contributed by atoms with Crippen molar-refractivity contribution in [2.45, 2.75) is 5.41 Å². The SMILES string of the molecule is OCCOc1ccc2cc(C3(c4ccc5cc(OCCO)ccc5c4)c4cccc(-c5cc6ccccc6s5)c4-c4c(-c5cc6ccccc6s5)cccc43)ccc2c1. The van der Waals surface area contributed by atoms with E-state index in [1.807, 2.05) is 34.8 Å². The number of hydrogen-bond acceptors (Lipinski definition) is 6. The van der Waals surface area contributed by atoms with E-state index in [1.54, 1.807) is 0 Å². The third-order valence-electron chi connectivity index (χ3n) is 11.8. The minimum Gasteiger partial charge on any atom is -0.491 e. The molecule has 0 saturated heterocycles. The predicted octanol–water partition coefficient (Wildman–Crippen LogP) is 12.9. The molecule has 8 aromatic carbocycles. The highest BCUT2D eigenvalue weighted by Gasteiger charge is 2.48. The topological polar surface area (TPSA) is 58.9 Å². The molecular weight excluding hydrogens is 765 g/mol. The summed E-state index contributed by atoms with van der Waals surface area (Å²) in [7, 11) is 0. The van der Waals surface area contributed by atoms with Crippen LogP contribution >= 0.6 is 22.7 Å². The second-order valence-corrected chi connectivity index (χ2v) is 17.3. The van der Waals surface area contributed by atoms with Crippen LogP contribution in [0.2, 0.25) is 0 Å². The van der Waals surface area contributed by atoms with Crippen LogP contribution in [0.1, 0.15) is 22.3 Å². The molecule has 0 unspecified atom stereocenters. The van der Waals surface area contributed by atoms with Crippen LogP contribution < -0.4 is 9.47 Å². The number of rotatable bonds is 10. The third kappa shape index (κ3) is 5.86. The van der Waals surface area contributed by atoms with Crippen molar-refractivity contribution in [3.8, 4) is 43.5 Å². The van der Waals surface area contributed by atoms with Gasteiger partial charge in [0.15, 0.2) is 0 Å². The summed E-state index contributed by atoms with van der Waals surface area (Å²) in [6.07, 6.45) is 0. The number of aliphatic hydroxyl groups excluding tert-OH is 2. The summed E-state index contributed by atoms with van der Waals surface area (Å²) in [5.41, 5.74) is 9.17. The highest BCUT2D eigenvalue weighted by Crippen LogP contribution is 2.61. The summed E-state index contributed by atoms with van der Waals surface area (Å²) in [5, 5.41) is 25.7. The van der Waals surface area contributed by atoms with Crippen LogP contribution in [-0.4, -0.2) is 36.6 Å². The van der Waals surface area contributed by atoms with E-state index >= 15 is 0 Å². The van der Waals surface area contributed by atoms with Crippen molar-refractivity contribution >= 4 is 64.4 Å². The van der Waals surface area contributed by atoms with Crippen molar-refractivity contribution in [3.05, 3.63) is 192 Å². The maximum Gasteiger partial charge on any atom is 0.120 e. The van der Waals surface area contributed by atoms with Gasteiger partial charge in [0.1, 0.15) is 24.7 Å². The smallest absolute Gasteiger partial charge is 0.120 e. The van der Waals surface area contributed by atoms with Crippen molar-refractivity contribution in [3.63, 3.8) is 0 Å². The molecule has 1 aliphatic carbocycles. The van der Waals surface area contributed by atoms with E-state index in [0.717, 1.165) is 33.0 Å². The van der Waals surface area contributed by atoms with E-state index in [4.69, 9.17) is 9.47 Å². The first-order valence-electron chi connectivity index (χ1n) is 19.9. The minimum atomic E-state index is -0.690. The van der Waals surface area contributed by atoms with Crippen molar-refractivity contribution in [1.82, 2.24) is 0 Å². The average molecular weight is 803 g/mol. The molecule has 6 heteroatoms. The molecule has 2 aromatic heterocycles. The number of hydrogen-bond donors (Lipinski definition) is 2. The van der Waals surface area contributed by atoms with Gasteiger partial charge in [-0.2, -0.15) is 0 Å². The highest BCUT2D eigenvalue weighted by atomic mass is 32.1. The standard InChI is InChI=1S/C53H38O4S2/c54-23-25-56-41-21-17-33-27-39(19-15-35(33)29-41)53(40-20-16-36-30-42(57-26-24-55)22-18-34(36)28-40)45-11-5-9-43(49-31-37-7-1-3-13-47(37)58-49)51(45)52-44(10-6-12-46(52)53)50-32-38-8-2-4-14-48(38)59-50/h1-22,27-32,54-55H,23-26H2. The van der Waals surface area contributed by atoms with Gasteiger partial charge in [-0.25, -0.2) is 0 Å². The summed E-state index contributed by atoms with van der Waals surface area (Å²) < 4.78 is 14.2. The lowest BCUT2D eigenvalue weighted by molar-refractivity contribution is 0.201. The fourth-order valence-corrected chi connectivity index (χ4v) is 11.5. The maximum absolute atomic E-state index is 9.43. The molecule has 0 radical (unpaired) electrons. The minimum absolute atomic E-state index is 0.0337. The third-order valence-corrected chi connectivity index (χ3v) is 14.1. The Morgan fingerprint density at radius 1 is 0.407 bits per heavy atom. The van der Waals surface area contributed by atoms with Gasteiger partial charge in [-0.15, -0.1) is 22.7 Å². The molecule has 0 saturated carbocycles. The summed E-state index contributed by atoms with van der Waals surface area (Å²) >= 11 is 3.71. The Morgan fingerprint density at radius 3 is 1.31 bits per heavy atom. The van der Waals surface area contributed by atoms with Crippen molar-refractivity contribution < 1.29 is 19.7 Å². The van der Waals surface area contributed by atoms with Crippen molar-refractivity contribution in [2.24, 2.45) is 0 Å². The molecule has 0 fully saturated rings. The van der Waals surface area contributed by atoms with Gasteiger partial charge >= 0.3 is 0 Å². The lowest BCUT2D eigenvalue weighted by atomic mass is 9.67. The van der Waals surface area contributed by atoms with Crippen LogP contribution in [0.15, 0.2) is 170 Å². The molecule has 0 aliphatic heterocycles. The molecule has 1 aliphatic rings. The lowest BCUT2D eigenvalue weighted by Gasteiger charge is -2.34. The molecule has 10 aromatic rings. The first-order chi connectivity index (χ1) is 29.1. The van der Waals surface area contributed by atoms with Gasteiger partial charge in [0, 0.05) is 19.2 Å². The van der Waals surface area contributed by atoms with E-state index in [1.165, 1.54) is 74.4 Å². The molecule has 0 spiro atoms. The first-order valence-corrected chi connectivity index (χ1v) is 21.6. The van der Waals surface area contributed by atoms with Crippen LogP contribution in [0, 0.1) is 0 Å². The molecule has 0 atom stereocenters. The molecule has 0 bridgehead atoms. The van der Waals surface area contributed by atoms with Crippen LogP contribution in [0.4, 0.5) is 0 Å². The zero-order valence-corrected chi connectivity index (χ0v) is 33.7. The second-order valence-electron chi connectivity index (χ2n) is 15.1. The van der Waals surface area contributed by atoms with Gasteiger partial charge in [-0.3, -0.25) is 0 Å². The summed E-state index contributed by atoms with van der Waals surface area (Å²) in [6, 6.07) is 62.0. The van der Waals surface area contributed by atoms with Gasteiger partial charge in [0.05, 0.1) is 18.6 Å². The molecular formula is C53H38O4S2. The summed E-state index contributed by atoms with van der Waals surface area (Å²) in [4.78, 5) is 2.50.